The van der Waals surface area contributed by atoms with Crippen LogP contribution in [0.3, 0.4) is 0 Å². The number of aliphatic hydroxyl groups is 1. The normalized spacial score (nSPS) is 11.0. The van der Waals surface area contributed by atoms with Crippen molar-refractivity contribution in [3.63, 3.8) is 0 Å². The molecule has 0 aliphatic carbocycles. The number of benzene rings is 2. The quantitative estimate of drug-likeness (QED) is 0.688. The first-order valence-corrected chi connectivity index (χ1v) is 7.60. The third-order valence-corrected chi connectivity index (χ3v) is 4.32. The van der Waals surface area contributed by atoms with Crippen LogP contribution in [0.2, 0.25) is 0 Å². The molecule has 0 saturated heterocycles. The van der Waals surface area contributed by atoms with Gasteiger partial charge in [0.1, 0.15) is 5.69 Å². The number of fused-ring (bicyclic) bond motifs is 1. The number of aromatic amines is 1. The number of aliphatic hydroxyl groups excluding tert-OH is 1. The van der Waals surface area contributed by atoms with Crippen LogP contribution in [0.15, 0.2) is 36.4 Å². The van der Waals surface area contributed by atoms with Gasteiger partial charge in [0, 0.05) is 16.6 Å². The van der Waals surface area contributed by atoms with E-state index in [1.165, 1.54) is 11.1 Å². The van der Waals surface area contributed by atoms with Crippen molar-refractivity contribution < 1.29 is 9.90 Å². The van der Waals surface area contributed by atoms with E-state index in [1.54, 1.807) is 6.07 Å². The van der Waals surface area contributed by atoms with E-state index < -0.39 is 0 Å². The summed E-state index contributed by atoms with van der Waals surface area (Å²) in [6.07, 6.45) is 0. The van der Waals surface area contributed by atoms with Gasteiger partial charge in [-0.3, -0.25) is 4.79 Å². The van der Waals surface area contributed by atoms with Crippen LogP contribution < -0.4 is 5.32 Å². The van der Waals surface area contributed by atoms with Gasteiger partial charge < -0.3 is 15.4 Å². The zero-order valence-electron chi connectivity index (χ0n) is 13.5. The highest BCUT2D eigenvalue weighted by atomic mass is 16.3. The Labute approximate surface area is 135 Å². The second-order valence-electron chi connectivity index (χ2n) is 5.91. The van der Waals surface area contributed by atoms with E-state index in [0.717, 1.165) is 22.0 Å². The van der Waals surface area contributed by atoms with E-state index in [-0.39, 0.29) is 12.5 Å². The molecule has 0 spiro atoms. The molecule has 3 N–H and O–H groups in total. The second-order valence-corrected chi connectivity index (χ2v) is 5.91. The predicted molar refractivity (Wildman–Crippen MR) is 92.8 cm³/mol. The molecule has 1 aromatic heterocycles. The molecule has 1 amide bonds. The Morgan fingerprint density at radius 3 is 2.57 bits per heavy atom. The summed E-state index contributed by atoms with van der Waals surface area (Å²) in [5.74, 6) is -0.184. The zero-order valence-corrected chi connectivity index (χ0v) is 13.5. The Kier molecular flexibility index (Phi) is 3.92. The minimum atomic E-state index is -0.184. The summed E-state index contributed by atoms with van der Waals surface area (Å²) >= 11 is 0. The molecule has 0 atom stereocenters. The monoisotopic (exact) mass is 308 g/mol. The minimum Gasteiger partial charge on any atom is -0.392 e. The second kappa shape index (κ2) is 5.89. The van der Waals surface area contributed by atoms with Gasteiger partial charge in [-0.2, -0.15) is 0 Å². The Balaban J connectivity index is 1.93. The molecule has 3 aromatic rings. The fourth-order valence-corrected chi connectivity index (χ4v) is 2.67. The van der Waals surface area contributed by atoms with Crippen LogP contribution in [0.1, 0.15) is 32.7 Å². The predicted octanol–water partition coefficient (Wildman–Crippen LogP) is 3.84. The van der Waals surface area contributed by atoms with E-state index in [0.29, 0.717) is 11.4 Å². The number of hydrogen-bond acceptors (Lipinski definition) is 2. The fraction of sp³-hybridized carbons (Fsp3) is 0.211. The van der Waals surface area contributed by atoms with Gasteiger partial charge >= 0.3 is 0 Å². The third-order valence-electron chi connectivity index (χ3n) is 4.32. The van der Waals surface area contributed by atoms with Crippen LogP contribution >= 0.6 is 0 Å². The average molecular weight is 308 g/mol. The van der Waals surface area contributed by atoms with Crippen molar-refractivity contribution in [1.82, 2.24) is 4.98 Å². The molecule has 0 aliphatic heterocycles. The van der Waals surface area contributed by atoms with E-state index in [1.807, 2.05) is 37.3 Å². The molecular formula is C19H20N2O2. The number of aromatic nitrogens is 1. The van der Waals surface area contributed by atoms with E-state index in [4.69, 9.17) is 0 Å². The van der Waals surface area contributed by atoms with Gasteiger partial charge in [-0.1, -0.05) is 18.2 Å². The maximum atomic E-state index is 12.5. The van der Waals surface area contributed by atoms with Crippen molar-refractivity contribution in [3.05, 3.63) is 64.3 Å². The first-order chi connectivity index (χ1) is 11.0. The molecular weight excluding hydrogens is 288 g/mol. The van der Waals surface area contributed by atoms with Crippen LogP contribution in [0.25, 0.3) is 10.9 Å². The lowest BCUT2D eigenvalue weighted by molar-refractivity contribution is 0.102. The van der Waals surface area contributed by atoms with Crippen LogP contribution in [0.5, 0.6) is 0 Å². The molecule has 4 heteroatoms. The molecule has 118 valence electrons. The summed E-state index contributed by atoms with van der Waals surface area (Å²) in [5.41, 5.74) is 6.31. The molecule has 0 aliphatic rings. The summed E-state index contributed by atoms with van der Waals surface area (Å²) in [5, 5.41) is 13.2. The molecule has 4 nitrogen and oxygen atoms in total. The van der Waals surface area contributed by atoms with Crippen molar-refractivity contribution in [2.75, 3.05) is 5.32 Å². The topological polar surface area (TPSA) is 65.1 Å². The lowest BCUT2D eigenvalue weighted by Gasteiger charge is -2.09. The molecule has 0 saturated carbocycles. The van der Waals surface area contributed by atoms with Gasteiger partial charge in [-0.05, 0) is 61.2 Å². The summed E-state index contributed by atoms with van der Waals surface area (Å²) in [7, 11) is 0. The molecule has 2 aromatic carbocycles. The number of rotatable bonds is 3. The Hall–Kier alpha value is -2.59. The van der Waals surface area contributed by atoms with E-state index in [2.05, 4.69) is 24.1 Å². The van der Waals surface area contributed by atoms with E-state index >= 15 is 0 Å². The zero-order chi connectivity index (χ0) is 16.6. The van der Waals surface area contributed by atoms with E-state index in [9.17, 15) is 9.90 Å². The minimum absolute atomic E-state index is 0.0476. The summed E-state index contributed by atoms with van der Waals surface area (Å²) in [4.78, 5) is 15.7. The standard InChI is InChI=1S/C19H20N2O2/c1-11-5-7-16-15(13(11)3)9-18(20-16)19(23)21-17-8-14(10-22)6-4-12(17)2/h4-9,20,22H,10H2,1-3H3,(H,21,23). The van der Waals surface area contributed by atoms with Gasteiger partial charge in [0.15, 0.2) is 0 Å². The number of anilines is 1. The van der Waals surface area contributed by atoms with Crippen molar-refractivity contribution in [3.8, 4) is 0 Å². The Bertz CT molecular complexity index is 894. The molecule has 0 fully saturated rings. The van der Waals surface area contributed by atoms with Gasteiger partial charge in [-0.25, -0.2) is 0 Å². The first kappa shape index (κ1) is 15.3. The van der Waals surface area contributed by atoms with Gasteiger partial charge in [0.25, 0.3) is 5.91 Å². The molecule has 0 bridgehead atoms. The Morgan fingerprint density at radius 2 is 1.83 bits per heavy atom. The Morgan fingerprint density at radius 1 is 1.09 bits per heavy atom. The van der Waals surface area contributed by atoms with Crippen LogP contribution in [-0.4, -0.2) is 16.0 Å². The number of aryl methyl sites for hydroxylation is 3. The third kappa shape index (κ3) is 2.85. The maximum absolute atomic E-state index is 12.5. The van der Waals surface area contributed by atoms with Crippen molar-refractivity contribution in [2.45, 2.75) is 27.4 Å². The maximum Gasteiger partial charge on any atom is 0.272 e. The molecule has 23 heavy (non-hydrogen) atoms. The number of carbonyl (C=O) groups is 1. The van der Waals surface area contributed by atoms with Crippen LogP contribution in [0, 0.1) is 20.8 Å². The van der Waals surface area contributed by atoms with Crippen molar-refractivity contribution in [1.29, 1.82) is 0 Å². The number of H-pyrrole nitrogens is 1. The molecule has 1 heterocycles. The highest BCUT2D eigenvalue weighted by molar-refractivity contribution is 6.06. The van der Waals surface area contributed by atoms with Gasteiger partial charge in [0.2, 0.25) is 0 Å². The average Bonchev–Trinajstić information content (AvgIpc) is 2.98. The lowest BCUT2D eigenvalue weighted by Crippen LogP contribution is -2.13. The first-order valence-electron chi connectivity index (χ1n) is 7.60. The number of nitrogens with one attached hydrogen (secondary N) is 2. The highest BCUT2D eigenvalue weighted by Gasteiger charge is 2.13. The summed E-state index contributed by atoms with van der Waals surface area (Å²) in [6.45, 7) is 6.00. The smallest absolute Gasteiger partial charge is 0.272 e. The van der Waals surface area contributed by atoms with Crippen LogP contribution in [0.4, 0.5) is 5.69 Å². The number of carbonyl (C=O) groups excluding carboxylic acids is 1. The lowest BCUT2D eigenvalue weighted by atomic mass is 10.1. The fourth-order valence-electron chi connectivity index (χ4n) is 2.67. The number of amides is 1. The molecule has 3 rings (SSSR count). The van der Waals surface area contributed by atoms with Crippen molar-refractivity contribution in [2.24, 2.45) is 0 Å². The summed E-state index contributed by atoms with van der Waals surface area (Å²) in [6, 6.07) is 11.5. The molecule has 0 unspecified atom stereocenters. The van der Waals surface area contributed by atoms with Gasteiger partial charge in [0.05, 0.1) is 6.61 Å². The summed E-state index contributed by atoms with van der Waals surface area (Å²) < 4.78 is 0. The highest BCUT2D eigenvalue weighted by Crippen LogP contribution is 2.23. The number of hydrogen-bond donors (Lipinski definition) is 3. The van der Waals surface area contributed by atoms with Crippen molar-refractivity contribution >= 4 is 22.5 Å². The molecule has 0 radical (unpaired) electrons. The SMILES string of the molecule is Cc1ccc(CO)cc1NC(=O)c1cc2c(C)c(C)ccc2[nH]1. The largest absolute Gasteiger partial charge is 0.392 e. The van der Waals surface area contributed by atoms with Gasteiger partial charge in [-0.15, -0.1) is 0 Å². The van der Waals surface area contributed by atoms with Crippen LogP contribution in [-0.2, 0) is 6.61 Å².